The van der Waals surface area contributed by atoms with Crippen LogP contribution in [0.3, 0.4) is 0 Å². The predicted molar refractivity (Wildman–Crippen MR) is 119 cm³/mol. The molecule has 2 N–H and O–H groups in total. The maximum absolute atomic E-state index is 12.6. The van der Waals surface area contributed by atoms with Crippen LogP contribution >= 0.6 is 35.6 Å². The summed E-state index contributed by atoms with van der Waals surface area (Å²) >= 11 is 12.0. The van der Waals surface area contributed by atoms with Crippen molar-refractivity contribution in [2.75, 3.05) is 25.0 Å². The second kappa shape index (κ2) is 8.72. The van der Waals surface area contributed by atoms with Crippen LogP contribution in [0.2, 0.25) is 10.0 Å². The number of likely N-dealkylation sites (tertiary alicyclic amines) is 1. The number of benzene rings is 1. The van der Waals surface area contributed by atoms with Crippen molar-refractivity contribution < 1.29 is 4.74 Å². The molecule has 0 spiro atoms. The number of morpholine rings is 1. The second-order valence-corrected chi connectivity index (χ2v) is 8.27. The van der Waals surface area contributed by atoms with E-state index in [-0.39, 0.29) is 18.0 Å². The van der Waals surface area contributed by atoms with Crippen LogP contribution in [0.5, 0.6) is 0 Å². The Morgan fingerprint density at radius 3 is 2.87 bits per heavy atom. The molecule has 4 heterocycles. The van der Waals surface area contributed by atoms with E-state index in [4.69, 9.17) is 27.9 Å². The summed E-state index contributed by atoms with van der Waals surface area (Å²) < 4.78 is 7.37. The predicted octanol–water partition coefficient (Wildman–Crippen LogP) is 2.93. The zero-order valence-electron chi connectivity index (χ0n) is 16.0. The van der Waals surface area contributed by atoms with Crippen molar-refractivity contribution in [2.45, 2.75) is 31.7 Å². The van der Waals surface area contributed by atoms with Gasteiger partial charge in [0, 0.05) is 25.7 Å². The van der Waals surface area contributed by atoms with Gasteiger partial charge in [0.1, 0.15) is 5.52 Å². The van der Waals surface area contributed by atoms with Crippen LogP contribution in [0.1, 0.15) is 12.0 Å². The highest BCUT2D eigenvalue weighted by Gasteiger charge is 2.38. The van der Waals surface area contributed by atoms with Crippen LogP contribution in [-0.4, -0.2) is 56.5 Å². The Hall–Kier alpha value is -1.84. The first-order valence-electron chi connectivity index (χ1n) is 9.56. The van der Waals surface area contributed by atoms with Gasteiger partial charge in [-0.2, -0.15) is 5.10 Å². The van der Waals surface area contributed by atoms with E-state index in [0.717, 1.165) is 31.7 Å². The molecule has 0 saturated carbocycles. The summed E-state index contributed by atoms with van der Waals surface area (Å²) in [6.45, 7) is 3.71. The lowest BCUT2D eigenvalue weighted by atomic mass is 10.2. The Balaban J connectivity index is 0.00000218. The van der Waals surface area contributed by atoms with Gasteiger partial charge in [-0.05, 0) is 24.1 Å². The smallest absolute Gasteiger partial charge is 0.278 e. The fourth-order valence-electron chi connectivity index (χ4n) is 4.07. The summed E-state index contributed by atoms with van der Waals surface area (Å²) in [6.07, 6.45) is 3.10. The molecule has 2 atom stereocenters. The van der Waals surface area contributed by atoms with Crippen molar-refractivity contribution in [3.63, 3.8) is 0 Å². The molecule has 3 aromatic rings. The highest BCUT2D eigenvalue weighted by molar-refractivity contribution is 6.42. The Labute approximate surface area is 188 Å². The van der Waals surface area contributed by atoms with E-state index in [9.17, 15) is 4.79 Å². The van der Waals surface area contributed by atoms with Crippen LogP contribution in [0.15, 0.2) is 29.2 Å². The number of fused-ring (bicyclic) bond motifs is 3. The maximum atomic E-state index is 12.6. The molecule has 160 valence electrons. The largest absolute Gasteiger partial charge is 0.375 e. The number of hydrogen-bond donors (Lipinski definition) is 2. The summed E-state index contributed by atoms with van der Waals surface area (Å²) in [5.41, 5.74) is 1.78. The number of aromatic nitrogens is 4. The molecule has 2 fully saturated rings. The van der Waals surface area contributed by atoms with Gasteiger partial charge in [0.25, 0.3) is 5.56 Å². The van der Waals surface area contributed by atoms with Crippen molar-refractivity contribution in [1.82, 2.24) is 24.6 Å². The number of halogens is 3. The average Bonchev–Trinajstić information content (AvgIpc) is 3.43. The summed E-state index contributed by atoms with van der Waals surface area (Å²) in [4.78, 5) is 22.3. The van der Waals surface area contributed by atoms with Crippen molar-refractivity contribution in [3.8, 4) is 0 Å². The molecule has 0 radical (unpaired) electrons. The summed E-state index contributed by atoms with van der Waals surface area (Å²) in [6, 6.07) is 5.88. The second-order valence-electron chi connectivity index (χ2n) is 7.46. The number of aromatic amines is 1. The molecule has 2 bridgehead atoms. The number of nitrogens with zero attached hydrogens (tertiary/aromatic N) is 4. The van der Waals surface area contributed by atoms with Gasteiger partial charge in [0.2, 0.25) is 5.95 Å². The normalized spacial score (nSPS) is 20.6. The minimum absolute atomic E-state index is 0. The van der Waals surface area contributed by atoms with E-state index in [1.807, 2.05) is 6.07 Å². The van der Waals surface area contributed by atoms with Crippen molar-refractivity contribution in [2.24, 2.45) is 0 Å². The van der Waals surface area contributed by atoms with Crippen LogP contribution in [0.4, 0.5) is 5.95 Å². The van der Waals surface area contributed by atoms with E-state index < -0.39 is 0 Å². The SMILES string of the molecule is Cl.O=c1[nH]c(NCc2ccc(Cl)c(Cl)c2)nc2cnn(CCN3C[C@@H]4C[C@H]3CO4)c12. The molecular weight excluding hydrogens is 451 g/mol. The third-order valence-electron chi connectivity index (χ3n) is 5.56. The number of anilines is 1. The summed E-state index contributed by atoms with van der Waals surface area (Å²) in [7, 11) is 0. The average molecular weight is 472 g/mol. The Kier molecular flexibility index (Phi) is 6.22. The van der Waals surface area contributed by atoms with E-state index in [0.29, 0.717) is 52.3 Å². The van der Waals surface area contributed by atoms with E-state index in [1.54, 1.807) is 23.0 Å². The highest BCUT2D eigenvalue weighted by atomic mass is 35.5. The molecule has 0 unspecified atom stereocenters. The van der Waals surface area contributed by atoms with Crippen LogP contribution in [0, 0.1) is 0 Å². The maximum Gasteiger partial charge on any atom is 0.278 e. The number of nitrogens with one attached hydrogen (secondary N) is 2. The minimum Gasteiger partial charge on any atom is -0.375 e. The lowest BCUT2D eigenvalue weighted by Crippen LogP contribution is -2.39. The molecule has 2 aliphatic rings. The topological polar surface area (TPSA) is 88.1 Å². The Morgan fingerprint density at radius 2 is 2.13 bits per heavy atom. The van der Waals surface area contributed by atoms with Crippen LogP contribution in [-0.2, 0) is 17.8 Å². The molecule has 8 nitrogen and oxygen atoms in total. The van der Waals surface area contributed by atoms with Gasteiger partial charge in [0.05, 0.1) is 35.5 Å². The molecule has 0 aliphatic carbocycles. The minimum atomic E-state index is -0.213. The number of hydrogen-bond acceptors (Lipinski definition) is 6. The summed E-state index contributed by atoms with van der Waals surface area (Å²) in [5, 5.41) is 8.49. The Morgan fingerprint density at radius 1 is 1.27 bits per heavy atom. The lowest BCUT2D eigenvalue weighted by molar-refractivity contribution is 0.0291. The van der Waals surface area contributed by atoms with Crippen LogP contribution < -0.4 is 10.9 Å². The number of ether oxygens (including phenoxy) is 1. The monoisotopic (exact) mass is 470 g/mol. The van der Waals surface area contributed by atoms with Gasteiger partial charge in [-0.15, -0.1) is 12.4 Å². The first kappa shape index (κ1) is 21.4. The molecule has 2 aliphatic heterocycles. The van der Waals surface area contributed by atoms with Crippen molar-refractivity contribution in [3.05, 3.63) is 50.4 Å². The van der Waals surface area contributed by atoms with Gasteiger partial charge in [-0.25, -0.2) is 4.98 Å². The van der Waals surface area contributed by atoms with Gasteiger partial charge in [-0.3, -0.25) is 19.4 Å². The lowest BCUT2D eigenvalue weighted by Gasteiger charge is -2.26. The third-order valence-corrected chi connectivity index (χ3v) is 6.30. The molecular formula is C19H21Cl3N6O2. The van der Waals surface area contributed by atoms with Crippen molar-refractivity contribution in [1.29, 1.82) is 0 Å². The van der Waals surface area contributed by atoms with E-state index >= 15 is 0 Å². The van der Waals surface area contributed by atoms with Crippen molar-refractivity contribution >= 4 is 52.6 Å². The molecule has 1 aromatic carbocycles. The molecule has 11 heteroatoms. The fourth-order valence-corrected chi connectivity index (χ4v) is 4.39. The zero-order valence-corrected chi connectivity index (χ0v) is 18.3. The van der Waals surface area contributed by atoms with E-state index in [2.05, 4.69) is 25.3 Å². The van der Waals surface area contributed by atoms with E-state index in [1.165, 1.54) is 0 Å². The van der Waals surface area contributed by atoms with Gasteiger partial charge >= 0.3 is 0 Å². The molecule has 2 saturated heterocycles. The first-order valence-corrected chi connectivity index (χ1v) is 10.3. The third kappa shape index (κ3) is 4.15. The highest BCUT2D eigenvalue weighted by Crippen LogP contribution is 2.27. The molecule has 5 rings (SSSR count). The molecule has 30 heavy (non-hydrogen) atoms. The van der Waals surface area contributed by atoms with Gasteiger partial charge in [0.15, 0.2) is 5.52 Å². The van der Waals surface area contributed by atoms with Crippen LogP contribution in [0.25, 0.3) is 11.0 Å². The number of H-pyrrole nitrogens is 1. The standard InChI is InChI=1S/C19H20Cl2N6O2.ClH/c20-14-2-1-11(5-15(14)21)7-22-19-24-16-8-23-27(17(16)18(28)25-19)4-3-26-9-13-6-12(26)10-29-13;/h1-2,5,8,12-13H,3-4,6-7,9-10H2,(H2,22,24,25,28);1H/t12-,13-;/m0./s1. The zero-order chi connectivity index (χ0) is 20.0. The molecule has 0 amide bonds. The fraction of sp³-hybridized carbons (Fsp3) is 0.421. The summed E-state index contributed by atoms with van der Waals surface area (Å²) in [5.74, 6) is 0.391. The number of rotatable bonds is 6. The van der Waals surface area contributed by atoms with Gasteiger partial charge in [-0.1, -0.05) is 29.3 Å². The Bertz CT molecular complexity index is 1120. The quantitative estimate of drug-likeness (QED) is 0.575. The molecule has 2 aromatic heterocycles. The van der Waals surface area contributed by atoms with Gasteiger partial charge < -0.3 is 10.1 Å². The first-order chi connectivity index (χ1) is 14.1.